The van der Waals surface area contributed by atoms with Gasteiger partial charge in [-0.1, -0.05) is 60.7 Å². The summed E-state index contributed by atoms with van der Waals surface area (Å²) in [7, 11) is 0. The number of nitrogen functional groups attached to an aromatic ring is 2. The second kappa shape index (κ2) is 6.06. The summed E-state index contributed by atoms with van der Waals surface area (Å²) in [6.45, 7) is 0. The van der Waals surface area contributed by atoms with E-state index < -0.39 is 0 Å². The number of anilines is 2. The molecule has 0 radical (unpaired) electrons. The minimum atomic E-state index is -0.230. The quantitative estimate of drug-likeness (QED) is 0.721. The first-order valence-electron chi connectivity index (χ1n) is 6.97. The molecule has 5 heteroatoms. The Hall–Kier alpha value is -2.92. The molecule has 0 saturated carbocycles. The Balaban J connectivity index is 2.03. The van der Waals surface area contributed by atoms with Crippen molar-refractivity contribution in [1.82, 2.24) is 0 Å². The van der Waals surface area contributed by atoms with Crippen molar-refractivity contribution in [2.24, 2.45) is 0 Å². The van der Waals surface area contributed by atoms with E-state index in [4.69, 9.17) is 11.5 Å². The van der Waals surface area contributed by atoms with E-state index in [1.807, 2.05) is 12.1 Å². The van der Waals surface area contributed by atoms with Gasteiger partial charge in [0.1, 0.15) is 9.75 Å². The van der Waals surface area contributed by atoms with Crippen LogP contribution in [0, 0.1) is 0 Å². The predicted octanol–water partition coefficient (Wildman–Crippen LogP) is 3.37. The first kappa shape index (κ1) is 15.0. The third-order valence-corrected chi connectivity index (χ3v) is 4.69. The highest BCUT2D eigenvalue weighted by molar-refractivity contribution is 7.17. The number of benzene rings is 2. The molecule has 0 fully saturated rings. The monoisotopic (exact) mass is 322 g/mol. The summed E-state index contributed by atoms with van der Waals surface area (Å²) < 4.78 is 0. The molecule has 0 saturated heterocycles. The van der Waals surface area contributed by atoms with Crippen molar-refractivity contribution in [3.63, 3.8) is 0 Å². The van der Waals surface area contributed by atoms with Gasteiger partial charge in [0.2, 0.25) is 11.6 Å². The van der Waals surface area contributed by atoms with Gasteiger partial charge < -0.3 is 11.5 Å². The smallest absolute Gasteiger partial charge is 0.205 e. The number of thiophene rings is 1. The third kappa shape index (κ3) is 2.74. The minimum absolute atomic E-state index is 0.170. The molecule has 0 unspecified atom stereocenters. The molecular formula is C18H14N2O2S. The maximum absolute atomic E-state index is 12.6. The summed E-state index contributed by atoms with van der Waals surface area (Å²) >= 11 is 1.04. The SMILES string of the molecule is Nc1c(C(=O)c2ccccc2)sc(C(=O)c2ccccc2)c1N. The highest BCUT2D eigenvalue weighted by Crippen LogP contribution is 2.36. The zero-order valence-corrected chi connectivity index (χ0v) is 13.0. The maximum atomic E-state index is 12.6. The van der Waals surface area contributed by atoms with Gasteiger partial charge in [0.05, 0.1) is 11.4 Å². The van der Waals surface area contributed by atoms with Gasteiger partial charge in [0, 0.05) is 11.1 Å². The zero-order valence-electron chi connectivity index (χ0n) is 12.2. The molecule has 1 heterocycles. The van der Waals surface area contributed by atoms with E-state index >= 15 is 0 Å². The van der Waals surface area contributed by atoms with Gasteiger partial charge in [0.25, 0.3) is 0 Å². The zero-order chi connectivity index (χ0) is 16.4. The Morgan fingerprint density at radius 3 is 1.35 bits per heavy atom. The second-order valence-corrected chi connectivity index (χ2v) is 6.00. The number of nitrogens with two attached hydrogens (primary N) is 2. The van der Waals surface area contributed by atoms with Crippen LogP contribution in [0.5, 0.6) is 0 Å². The molecule has 114 valence electrons. The standard InChI is InChI=1S/C18H14N2O2S/c19-13-14(20)18(16(22)12-9-5-2-6-10-12)23-17(13)15(21)11-7-3-1-4-8-11/h1-10H,19-20H2. The van der Waals surface area contributed by atoms with Crippen molar-refractivity contribution in [2.75, 3.05) is 11.5 Å². The Morgan fingerprint density at radius 1 is 0.652 bits per heavy atom. The molecule has 0 atom stereocenters. The van der Waals surface area contributed by atoms with Crippen LogP contribution in [0.25, 0.3) is 0 Å². The number of carbonyl (C=O) groups excluding carboxylic acids is 2. The van der Waals surface area contributed by atoms with Gasteiger partial charge in [-0.3, -0.25) is 9.59 Å². The van der Waals surface area contributed by atoms with Crippen molar-refractivity contribution in [2.45, 2.75) is 0 Å². The van der Waals surface area contributed by atoms with E-state index in [1.165, 1.54) is 0 Å². The number of ketones is 2. The van der Waals surface area contributed by atoms with Crippen molar-refractivity contribution in [3.8, 4) is 0 Å². The van der Waals surface area contributed by atoms with Crippen LogP contribution in [-0.4, -0.2) is 11.6 Å². The van der Waals surface area contributed by atoms with Crippen molar-refractivity contribution in [3.05, 3.63) is 81.5 Å². The van der Waals surface area contributed by atoms with E-state index in [9.17, 15) is 9.59 Å². The summed E-state index contributed by atoms with van der Waals surface area (Å²) in [6.07, 6.45) is 0. The molecule has 0 aliphatic heterocycles. The van der Waals surface area contributed by atoms with Gasteiger partial charge in [-0.05, 0) is 0 Å². The number of rotatable bonds is 4. The van der Waals surface area contributed by atoms with E-state index in [1.54, 1.807) is 48.5 Å². The van der Waals surface area contributed by atoms with Gasteiger partial charge in [-0.15, -0.1) is 11.3 Å². The molecule has 4 nitrogen and oxygen atoms in total. The van der Waals surface area contributed by atoms with Crippen molar-refractivity contribution in [1.29, 1.82) is 0 Å². The van der Waals surface area contributed by atoms with Gasteiger partial charge in [-0.25, -0.2) is 0 Å². The van der Waals surface area contributed by atoms with Crippen LogP contribution in [0.2, 0.25) is 0 Å². The van der Waals surface area contributed by atoms with Gasteiger partial charge >= 0.3 is 0 Å². The topological polar surface area (TPSA) is 86.2 Å². The molecule has 0 amide bonds. The normalized spacial score (nSPS) is 10.4. The molecule has 0 bridgehead atoms. The van der Waals surface area contributed by atoms with Crippen LogP contribution in [0.4, 0.5) is 11.4 Å². The van der Waals surface area contributed by atoms with E-state index in [2.05, 4.69) is 0 Å². The van der Waals surface area contributed by atoms with E-state index in [0.29, 0.717) is 20.9 Å². The molecule has 0 aliphatic rings. The largest absolute Gasteiger partial charge is 0.396 e. The highest BCUT2D eigenvalue weighted by atomic mass is 32.1. The molecule has 3 rings (SSSR count). The molecular weight excluding hydrogens is 308 g/mol. The first-order chi connectivity index (χ1) is 11.1. The summed E-state index contributed by atoms with van der Waals surface area (Å²) in [5.41, 5.74) is 13.3. The van der Waals surface area contributed by atoms with E-state index in [0.717, 1.165) is 11.3 Å². The number of hydrogen-bond donors (Lipinski definition) is 2. The summed E-state index contributed by atoms with van der Waals surface area (Å²) in [6, 6.07) is 17.6. The Morgan fingerprint density at radius 2 is 1.00 bits per heavy atom. The van der Waals surface area contributed by atoms with Gasteiger partial charge in [-0.2, -0.15) is 0 Å². The van der Waals surface area contributed by atoms with Crippen LogP contribution in [0.1, 0.15) is 30.5 Å². The lowest BCUT2D eigenvalue weighted by atomic mass is 10.1. The lowest BCUT2D eigenvalue weighted by molar-refractivity contribution is 0.103. The maximum Gasteiger partial charge on any atom is 0.205 e. The fraction of sp³-hybridized carbons (Fsp3) is 0. The molecule has 4 N–H and O–H groups in total. The Bertz CT molecular complexity index is 799. The first-order valence-corrected chi connectivity index (χ1v) is 7.78. The van der Waals surface area contributed by atoms with Crippen molar-refractivity contribution >= 4 is 34.3 Å². The Kier molecular flexibility index (Phi) is 3.95. The average molecular weight is 322 g/mol. The summed E-state index contributed by atoms with van der Waals surface area (Å²) in [5, 5.41) is 0. The highest BCUT2D eigenvalue weighted by Gasteiger charge is 2.24. The van der Waals surface area contributed by atoms with Gasteiger partial charge in [0.15, 0.2) is 0 Å². The fourth-order valence-electron chi connectivity index (χ4n) is 2.24. The number of hydrogen-bond acceptors (Lipinski definition) is 5. The lowest BCUT2D eigenvalue weighted by Crippen LogP contribution is -2.04. The van der Waals surface area contributed by atoms with Crippen LogP contribution in [0.15, 0.2) is 60.7 Å². The average Bonchev–Trinajstić information content (AvgIpc) is 2.91. The van der Waals surface area contributed by atoms with Crippen LogP contribution in [-0.2, 0) is 0 Å². The molecule has 2 aromatic carbocycles. The molecule has 23 heavy (non-hydrogen) atoms. The summed E-state index contributed by atoms with van der Waals surface area (Å²) in [4.78, 5) is 25.7. The fourth-order valence-corrected chi connectivity index (χ4v) is 3.30. The molecule has 1 aromatic heterocycles. The molecule has 0 spiro atoms. The van der Waals surface area contributed by atoms with Crippen LogP contribution in [0.3, 0.4) is 0 Å². The predicted molar refractivity (Wildman–Crippen MR) is 92.9 cm³/mol. The second-order valence-electron chi connectivity index (χ2n) is 4.98. The van der Waals surface area contributed by atoms with E-state index in [-0.39, 0.29) is 22.9 Å². The number of carbonyl (C=O) groups is 2. The molecule has 3 aromatic rings. The van der Waals surface area contributed by atoms with Crippen molar-refractivity contribution < 1.29 is 9.59 Å². The summed E-state index contributed by atoms with van der Waals surface area (Å²) in [5.74, 6) is -0.459. The van der Waals surface area contributed by atoms with Crippen LogP contribution < -0.4 is 11.5 Å². The molecule has 0 aliphatic carbocycles. The lowest BCUT2D eigenvalue weighted by Gasteiger charge is -1.99. The minimum Gasteiger partial charge on any atom is -0.396 e. The Labute approximate surface area is 137 Å². The third-order valence-electron chi connectivity index (χ3n) is 3.47. The van der Waals surface area contributed by atoms with Crippen LogP contribution >= 0.6 is 11.3 Å².